The van der Waals surface area contributed by atoms with E-state index >= 15 is 0 Å². The van der Waals surface area contributed by atoms with E-state index in [1.807, 2.05) is 19.1 Å². The van der Waals surface area contributed by atoms with Gasteiger partial charge in [0.25, 0.3) is 5.56 Å². The van der Waals surface area contributed by atoms with Gasteiger partial charge < -0.3 is 0 Å². The first kappa shape index (κ1) is 12.8. The molecule has 4 nitrogen and oxygen atoms in total. The molecule has 1 heterocycles. The van der Waals surface area contributed by atoms with Gasteiger partial charge in [0.1, 0.15) is 5.15 Å². The van der Waals surface area contributed by atoms with Gasteiger partial charge in [-0.25, -0.2) is 4.79 Å². The Bertz CT molecular complexity index is 500. The fourth-order valence-electron chi connectivity index (χ4n) is 1.33. The van der Waals surface area contributed by atoms with E-state index in [0.29, 0.717) is 6.54 Å². The Morgan fingerprint density at radius 3 is 2.69 bits per heavy atom. The van der Waals surface area contributed by atoms with Crippen molar-refractivity contribution in [2.45, 2.75) is 26.3 Å². The molecule has 1 aromatic rings. The first-order valence-corrected chi connectivity index (χ1v) is 5.57. The largest absolute Gasteiger partial charge is 0.331 e. The van der Waals surface area contributed by atoms with Gasteiger partial charge in [-0.15, -0.1) is 0 Å². The molecule has 0 spiro atoms. The highest BCUT2D eigenvalue weighted by atomic mass is 35.5. The second-order valence-corrected chi connectivity index (χ2v) is 3.85. The molecular weight excluding hydrogens is 228 g/mol. The fourth-order valence-corrected chi connectivity index (χ4v) is 1.58. The summed E-state index contributed by atoms with van der Waals surface area (Å²) in [6.07, 6.45) is 5.72. The molecule has 0 N–H and O–H groups in total. The predicted octanol–water partition coefficient (Wildman–Crippen LogP) is 1.56. The molecule has 0 amide bonds. The van der Waals surface area contributed by atoms with Crippen LogP contribution in [0.15, 0.2) is 27.8 Å². The van der Waals surface area contributed by atoms with Crippen molar-refractivity contribution >= 4 is 11.6 Å². The topological polar surface area (TPSA) is 44.0 Å². The zero-order valence-corrected chi connectivity index (χ0v) is 10.2. The average molecular weight is 243 g/mol. The molecule has 16 heavy (non-hydrogen) atoms. The molecule has 0 aliphatic carbocycles. The molecule has 1 rings (SSSR count). The van der Waals surface area contributed by atoms with E-state index in [-0.39, 0.29) is 16.4 Å². The summed E-state index contributed by atoms with van der Waals surface area (Å²) in [5.74, 6) is 0. The smallest absolute Gasteiger partial charge is 0.283 e. The minimum atomic E-state index is -0.379. The van der Waals surface area contributed by atoms with E-state index in [2.05, 4.69) is 0 Å². The summed E-state index contributed by atoms with van der Waals surface area (Å²) in [6.45, 7) is 2.53. The van der Waals surface area contributed by atoms with Crippen LogP contribution in [-0.2, 0) is 13.6 Å². The van der Waals surface area contributed by atoms with Crippen molar-refractivity contribution < 1.29 is 0 Å². The van der Waals surface area contributed by atoms with Crippen LogP contribution in [-0.4, -0.2) is 9.13 Å². The lowest BCUT2D eigenvalue weighted by Crippen LogP contribution is -2.37. The molecular formula is C11H15ClN2O2. The average Bonchev–Trinajstić information content (AvgIpc) is 2.25. The summed E-state index contributed by atoms with van der Waals surface area (Å²) in [5, 5.41) is 0.193. The highest BCUT2D eigenvalue weighted by Crippen LogP contribution is 2.03. The summed E-state index contributed by atoms with van der Waals surface area (Å²) in [5.41, 5.74) is -0.752. The Hall–Kier alpha value is -1.29. The third-order valence-electron chi connectivity index (χ3n) is 2.27. The number of aromatic nitrogens is 2. The molecule has 0 aliphatic rings. The van der Waals surface area contributed by atoms with Crippen LogP contribution in [0.2, 0.25) is 5.15 Å². The van der Waals surface area contributed by atoms with E-state index in [0.717, 1.165) is 17.4 Å². The van der Waals surface area contributed by atoms with Crippen molar-refractivity contribution in [3.8, 4) is 0 Å². The van der Waals surface area contributed by atoms with Crippen molar-refractivity contribution in [1.29, 1.82) is 0 Å². The zero-order chi connectivity index (χ0) is 12.1. The van der Waals surface area contributed by atoms with Crippen LogP contribution in [0.1, 0.15) is 19.8 Å². The summed E-state index contributed by atoms with van der Waals surface area (Å²) >= 11 is 5.85. The molecule has 0 atom stereocenters. The Labute approximate surface area is 98.8 Å². The summed E-state index contributed by atoms with van der Waals surface area (Å²) in [7, 11) is 1.44. The van der Waals surface area contributed by atoms with Crippen LogP contribution in [0, 0.1) is 0 Å². The van der Waals surface area contributed by atoms with Gasteiger partial charge in [-0.2, -0.15) is 0 Å². The minimum Gasteiger partial charge on any atom is -0.283 e. The zero-order valence-electron chi connectivity index (χ0n) is 9.44. The molecule has 0 fully saturated rings. The lowest BCUT2D eigenvalue weighted by atomic mass is 10.3. The molecule has 0 saturated heterocycles. The number of allylic oxidation sites excluding steroid dienone is 2. The highest BCUT2D eigenvalue weighted by Gasteiger charge is 2.05. The maximum Gasteiger partial charge on any atom is 0.331 e. The van der Waals surface area contributed by atoms with Gasteiger partial charge in [0.05, 0.1) is 0 Å². The second kappa shape index (κ2) is 5.70. The molecule has 0 unspecified atom stereocenters. The van der Waals surface area contributed by atoms with E-state index in [1.54, 1.807) is 0 Å². The van der Waals surface area contributed by atoms with Gasteiger partial charge >= 0.3 is 5.69 Å². The number of nitrogens with zero attached hydrogens (tertiary/aromatic N) is 2. The summed E-state index contributed by atoms with van der Waals surface area (Å²) in [6, 6.07) is 1.26. The van der Waals surface area contributed by atoms with Gasteiger partial charge in [0.2, 0.25) is 0 Å². The molecule has 0 bridgehead atoms. The van der Waals surface area contributed by atoms with Crippen LogP contribution >= 0.6 is 11.6 Å². The van der Waals surface area contributed by atoms with Gasteiger partial charge in [-0.1, -0.05) is 30.7 Å². The lowest BCUT2D eigenvalue weighted by molar-refractivity contribution is 0.606. The predicted molar refractivity (Wildman–Crippen MR) is 65.0 cm³/mol. The van der Waals surface area contributed by atoms with Crippen LogP contribution in [0.5, 0.6) is 0 Å². The number of hydrogen-bond donors (Lipinski definition) is 0. The Morgan fingerprint density at radius 2 is 2.06 bits per heavy atom. The number of hydrogen-bond acceptors (Lipinski definition) is 2. The van der Waals surface area contributed by atoms with Crippen LogP contribution in [0.4, 0.5) is 0 Å². The summed E-state index contributed by atoms with van der Waals surface area (Å²) < 4.78 is 2.44. The van der Waals surface area contributed by atoms with Gasteiger partial charge in [0, 0.05) is 19.7 Å². The molecule has 0 aromatic carbocycles. The van der Waals surface area contributed by atoms with E-state index < -0.39 is 0 Å². The van der Waals surface area contributed by atoms with Crippen LogP contribution < -0.4 is 11.2 Å². The molecule has 5 heteroatoms. The molecule has 1 aromatic heterocycles. The first-order valence-electron chi connectivity index (χ1n) is 5.19. The maximum absolute atomic E-state index is 11.7. The van der Waals surface area contributed by atoms with Crippen LogP contribution in [0.25, 0.3) is 0 Å². The lowest BCUT2D eigenvalue weighted by Gasteiger charge is -2.07. The molecule has 88 valence electrons. The van der Waals surface area contributed by atoms with Crippen molar-refractivity contribution in [3.63, 3.8) is 0 Å². The van der Waals surface area contributed by atoms with Gasteiger partial charge in [0.15, 0.2) is 0 Å². The quantitative estimate of drug-likeness (QED) is 0.594. The minimum absolute atomic E-state index is 0.193. The maximum atomic E-state index is 11.7. The van der Waals surface area contributed by atoms with Crippen molar-refractivity contribution in [2.24, 2.45) is 7.05 Å². The fraction of sp³-hybridized carbons (Fsp3) is 0.455. The molecule has 0 saturated carbocycles. The number of halogens is 1. The Kier molecular flexibility index (Phi) is 4.55. The SMILES string of the molecule is CC/C=C/CCn1c(Cl)cc(=O)n(C)c1=O. The highest BCUT2D eigenvalue weighted by molar-refractivity contribution is 6.29. The molecule has 0 aliphatic heterocycles. The Balaban J connectivity index is 2.97. The number of rotatable bonds is 4. The third kappa shape index (κ3) is 2.85. The van der Waals surface area contributed by atoms with Crippen LogP contribution in [0.3, 0.4) is 0 Å². The first-order chi connectivity index (χ1) is 7.57. The van der Waals surface area contributed by atoms with Gasteiger partial charge in [-0.3, -0.25) is 13.9 Å². The second-order valence-electron chi connectivity index (χ2n) is 3.47. The monoisotopic (exact) mass is 242 g/mol. The summed E-state index contributed by atoms with van der Waals surface area (Å²) in [4.78, 5) is 22.9. The third-order valence-corrected chi connectivity index (χ3v) is 2.58. The van der Waals surface area contributed by atoms with E-state index in [4.69, 9.17) is 11.6 Å². The van der Waals surface area contributed by atoms with Crippen molar-refractivity contribution in [1.82, 2.24) is 9.13 Å². The normalized spacial score (nSPS) is 11.2. The molecule has 0 radical (unpaired) electrons. The van der Waals surface area contributed by atoms with E-state index in [1.165, 1.54) is 17.7 Å². The standard InChI is InChI=1S/C11H15ClN2O2/c1-3-4-5-6-7-14-9(12)8-10(15)13(2)11(14)16/h4-5,8H,3,6-7H2,1-2H3/b5-4+. The van der Waals surface area contributed by atoms with Crippen molar-refractivity contribution in [2.75, 3.05) is 0 Å². The van der Waals surface area contributed by atoms with Crippen molar-refractivity contribution in [3.05, 3.63) is 44.2 Å². The van der Waals surface area contributed by atoms with Gasteiger partial charge in [-0.05, 0) is 12.8 Å². The van der Waals surface area contributed by atoms with E-state index in [9.17, 15) is 9.59 Å². The Morgan fingerprint density at radius 1 is 1.38 bits per heavy atom.